The molecule has 0 unspecified atom stereocenters. The fourth-order valence-electron chi connectivity index (χ4n) is 2.34. The molecule has 1 amide bonds. The molecule has 1 N–H and O–H groups in total. The van der Waals surface area contributed by atoms with Crippen molar-refractivity contribution in [2.24, 2.45) is 7.05 Å². The zero-order valence-electron chi connectivity index (χ0n) is 13.9. The fourth-order valence-corrected chi connectivity index (χ4v) is 2.34. The number of nitrogens with zero attached hydrogens (tertiary/aromatic N) is 5. The molecule has 0 saturated heterocycles. The first-order valence-corrected chi connectivity index (χ1v) is 7.68. The zero-order valence-corrected chi connectivity index (χ0v) is 13.9. The van der Waals surface area contributed by atoms with Crippen LogP contribution in [0.4, 0.5) is 5.69 Å². The Hall–Kier alpha value is -3.47. The molecule has 0 bridgehead atoms. The first-order valence-electron chi connectivity index (χ1n) is 7.68. The van der Waals surface area contributed by atoms with Gasteiger partial charge < -0.3 is 9.73 Å². The van der Waals surface area contributed by atoms with Crippen molar-refractivity contribution in [2.45, 2.75) is 19.8 Å². The van der Waals surface area contributed by atoms with E-state index in [4.69, 9.17) is 9.68 Å². The van der Waals surface area contributed by atoms with E-state index in [0.717, 1.165) is 11.4 Å². The molecule has 0 atom stereocenters. The molecule has 0 saturated carbocycles. The van der Waals surface area contributed by atoms with Gasteiger partial charge >= 0.3 is 0 Å². The Bertz CT molecular complexity index is 933. The summed E-state index contributed by atoms with van der Waals surface area (Å²) in [5, 5.41) is 23.7. The van der Waals surface area contributed by atoms with Crippen molar-refractivity contribution in [3.05, 3.63) is 47.5 Å². The van der Waals surface area contributed by atoms with E-state index >= 15 is 0 Å². The Balaban J connectivity index is 1.57. The topological polar surface area (TPSA) is 110 Å². The summed E-state index contributed by atoms with van der Waals surface area (Å²) in [7, 11) is 1.80. The number of nitrogens with one attached hydrogen (secondary N) is 1. The molecule has 0 radical (unpaired) electrons. The Kier molecular flexibility index (Phi) is 4.57. The Labute approximate surface area is 144 Å². The Morgan fingerprint density at radius 2 is 2.08 bits per heavy atom. The van der Waals surface area contributed by atoms with Gasteiger partial charge in [0.2, 0.25) is 11.8 Å². The monoisotopic (exact) mass is 336 g/mol. The predicted octanol–water partition coefficient (Wildman–Crippen LogP) is 2.22. The molecule has 3 rings (SSSR count). The van der Waals surface area contributed by atoms with Gasteiger partial charge in [-0.05, 0) is 37.3 Å². The van der Waals surface area contributed by atoms with E-state index in [-0.39, 0.29) is 12.3 Å². The number of carbonyl (C=O) groups is 1. The highest BCUT2D eigenvalue weighted by molar-refractivity contribution is 5.90. The molecule has 25 heavy (non-hydrogen) atoms. The summed E-state index contributed by atoms with van der Waals surface area (Å²) in [6.45, 7) is 1.88. The molecule has 126 valence electrons. The number of hydrogen-bond donors (Lipinski definition) is 1. The van der Waals surface area contributed by atoms with Crippen LogP contribution in [0, 0.1) is 18.3 Å². The number of benzene rings is 1. The zero-order chi connectivity index (χ0) is 17.8. The first kappa shape index (κ1) is 16.4. The quantitative estimate of drug-likeness (QED) is 0.765. The molecule has 0 spiro atoms. The Morgan fingerprint density at radius 3 is 2.72 bits per heavy atom. The van der Waals surface area contributed by atoms with Crippen molar-refractivity contribution >= 4 is 11.6 Å². The predicted molar refractivity (Wildman–Crippen MR) is 89.3 cm³/mol. The molecular formula is C17H16N6O2. The Morgan fingerprint density at radius 1 is 1.32 bits per heavy atom. The summed E-state index contributed by atoms with van der Waals surface area (Å²) in [5.41, 5.74) is 2.78. The van der Waals surface area contributed by atoms with Crippen molar-refractivity contribution in [1.82, 2.24) is 20.0 Å². The van der Waals surface area contributed by atoms with Crippen LogP contribution in [0.15, 0.2) is 34.7 Å². The second-order valence-electron chi connectivity index (χ2n) is 5.53. The van der Waals surface area contributed by atoms with E-state index in [9.17, 15) is 4.79 Å². The average molecular weight is 336 g/mol. The van der Waals surface area contributed by atoms with Gasteiger partial charge in [0.1, 0.15) is 5.69 Å². The van der Waals surface area contributed by atoms with Crippen molar-refractivity contribution in [3.8, 4) is 17.7 Å². The van der Waals surface area contributed by atoms with E-state index in [1.807, 2.05) is 19.1 Å². The number of amides is 1. The minimum Gasteiger partial charge on any atom is -0.419 e. The lowest BCUT2D eigenvalue weighted by Gasteiger charge is -2.03. The standard InChI is InChI=1S/C17H16N6O2/c1-11-9-14(23(2)22-11)17-21-20-16(25-17)8-7-15(24)19-13-5-3-12(10-18)4-6-13/h3-6,9H,7-8H2,1-2H3,(H,19,24). The highest BCUT2D eigenvalue weighted by Crippen LogP contribution is 2.18. The van der Waals surface area contributed by atoms with Crippen molar-refractivity contribution in [2.75, 3.05) is 5.32 Å². The lowest BCUT2D eigenvalue weighted by molar-refractivity contribution is -0.116. The number of hydrogen-bond acceptors (Lipinski definition) is 6. The number of aromatic nitrogens is 4. The van der Waals surface area contributed by atoms with Crippen LogP contribution < -0.4 is 5.32 Å². The van der Waals surface area contributed by atoms with Crippen LogP contribution in [0.2, 0.25) is 0 Å². The minimum atomic E-state index is -0.166. The second kappa shape index (κ2) is 6.97. The SMILES string of the molecule is Cc1cc(-c2nnc(CCC(=O)Nc3ccc(C#N)cc3)o2)n(C)n1. The number of anilines is 1. The lowest BCUT2D eigenvalue weighted by atomic mass is 10.2. The van der Waals surface area contributed by atoms with Gasteiger partial charge in [-0.25, -0.2) is 0 Å². The summed E-state index contributed by atoms with van der Waals surface area (Å²) in [4.78, 5) is 12.0. The van der Waals surface area contributed by atoms with E-state index in [2.05, 4.69) is 20.6 Å². The van der Waals surface area contributed by atoms with Crippen LogP contribution in [-0.4, -0.2) is 25.9 Å². The summed E-state index contributed by atoms with van der Waals surface area (Å²) in [6, 6.07) is 10.6. The minimum absolute atomic E-state index is 0.166. The molecule has 2 heterocycles. The molecule has 0 fully saturated rings. The van der Waals surface area contributed by atoms with Gasteiger partial charge in [-0.15, -0.1) is 10.2 Å². The molecule has 1 aromatic carbocycles. The molecule has 0 aliphatic carbocycles. The normalized spacial score (nSPS) is 10.4. The maximum absolute atomic E-state index is 12.0. The molecule has 0 aliphatic rings. The van der Waals surface area contributed by atoms with Crippen LogP contribution in [-0.2, 0) is 18.3 Å². The van der Waals surface area contributed by atoms with Gasteiger partial charge in [0.25, 0.3) is 5.89 Å². The highest BCUT2D eigenvalue weighted by atomic mass is 16.4. The number of rotatable bonds is 5. The van der Waals surface area contributed by atoms with Gasteiger partial charge in [-0.1, -0.05) is 0 Å². The average Bonchev–Trinajstić information content (AvgIpc) is 3.19. The van der Waals surface area contributed by atoms with Gasteiger partial charge in [-0.2, -0.15) is 10.4 Å². The van der Waals surface area contributed by atoms with Crippen LogP contribution in [0.3, 0.4) is 0 Å². The van der Waals surface area contributed by atoms with Gasteiger partial charge in [0, 0.05) is 25.6 Å². The summed E-state index contributed by atoms with van der Waals surface area (Å²) in [5.74, 6) is 0.607. The molecule has 3 aromatic rings. The molecule has 8 heteroatoms. The van der Waals surface area contributed by atoms with Crippen molar-refractivity contribution < 1.29 is 9.21 Å². The van der Waals surface area contributed by atoms with Gasteiger partial charge in [-0.3, -0.25) is 9.48 Å². The number of carbonyl (C=O) groups excluding carboxylic acids is 1. The maximum Gasteiger partial charge on any atom is 0.265 e. The van der Waals surface area contributed by atoms with Crippen LogP contribution in [0.25, 0.3) is 11.6 Å². The molecule has 8 nitrogen and oxygen atoms in total. The lowest BCUT2D eigenvalue weighted by Crippen LogP contribution is -2.12. The van der Waals surface area contributed by atoms with Gasteiger partial charge in [0.05, 0.1) is 17.3 Å². The van der Waals surface area contributed by atoms with E-state index < -0.39 is 0 Å². The fraction of sp³-hybridized carbons (Fsp3) is 0.235. The van der Waals surface area contributed by atoms with E-state index in [1.165, 1.54) is 0 Å². The maximum atomic E-state index is 12.0. The van der Waals surface area contributed by atoms with Crippen LogP contribution in [0.1, 0.15) is 23.6 Å². The first-order chi connectivity index (χ1) is 12.0. The molecule has 0 aliphatic heterocycles. The summed E-state index contributed by atoms with van der Waals surface area (Å²) in [6.07, 6.45) is 0.554. The smallest absolute Gasteiger partial charge is 0.265 e. The van der Waals surface area contributed by atoms with E-state index in [1.54, 1.807) is 36.0 Å². The third kappa shape index (κ3) is 3.90. The summed E-state index contributed by atoms with van der Waals surface area (Å²) >= 11 is 0. The van der Waals surface area contributed by atoms with Crippen LogP contribution in [0.5, 0.6) is 0 Å². The van der Waals surface area contributed by atoms with Crippen molar-refractivity contribution in [1.29, 1.82) is 5.26 Å². The third-order valence-corrected chi connectivity index (χ3v) is 3.55. The number of nitriles is 1. The summed E-state index contributed by atoms with van der Waals surface area (Å²) < 4.78 is 7.27. The van der Waals surface area contributed by atoms with Crippen LogP contribution >= 0.6 is 0 Å². The highest BCUT2D eigenvalue weighted by Gasteiger charge is 2.14. The second-order valence-corrected chi connectivity index (χ2v) is 5.53. The van der Waals surface area contributed by atoms with Crippen molar-refractivity contribution in [3.63, 3.8) is 0 Å². The third-order valence-electron chi connectivity index (χ3n) is 3.55. The molecular weight excluding hydrogens is 320 g/mol. The number of aryl methyl sites for hydroxylation is 3. The van der Waals surface area contributed by atoms with Gasteiger partial charge in [0.15, 0.2) is 0 Å². The molecule has 2 aromatic heterocycles. The largest absolute Gasteiger partial charge is 0.419 e. The van der Waals surface area contributed by atoms with E-state index in [0.29, 0.717) is 29.5 Å².